The minimum absolute atomic E-state index is 0.274. The molecule has 0 unspecified atom stereocenters. The maximum absolute atomic E-state index is 9.42. The van der Waals surface area contributed by atoms with Crippen LogP contribution in [0.2, 0.25) is 0 Å². The highest BCUT2D eigenvalue weighted by Gasteiger charge is 2.01. The first-order valence-corrected chi connectivity index (χ1v) is 7.05. The Hall–Kier alpha value is -0.930. The second kappa shape index (κ2) is 5.61. The van der Waals surface area contributed by atoms with Gasteiger partial charge < -0.3 is 5.11 Å². The minimum Gasteiger partial charge on any atom is -0.507 e. The zero-order valence-corrected chi connectivity index (χ0v) is 11.9. The molecule has 0 aromatic heterocycles. The zero-order chi connectivity index (χ0) is 12.3. The zero-order valence-electron chi connectivity index (χ0n) is 9.48. The van der Waals surface area contributed by atoms with E-state index in [1.165, 1.54) is 10.5 Å². The number of hydrogen-bond donors (Lipinski definition) is 1. The lowest BCUT2D eigenvalue weighted by atomic mass is 10.2. The fraction of sp³-hybridized carbons (Fsp3) is 0.143. The molecule has 3 heteroatoms. The predicted molar refractivity (Wildman–Crippen MR) is 75.7 cm³/mol. The van der Waals surface area contributed by atoms with Crippen LogP contribution in [-0.4, -0.2) is 5.11 Å². The van der Waals surface area contributed by atoms with E-state index in [1.54, 1.807) is 17.8 Å². The molecule has 2 aromatic rings. The second-order valence-corrected chi connectivity index (χ2v) is 5.71. The Balaban J connectivity index is 2.16. The van der Waals surface area contributed by atoms with Gasteiger partial charge in [0.15, 0.2) is 0 Å². The van der Waals surface area contributed by atoms with Crippen LogP contribution in [-0.2, 0) is 6.42 Å². The van der Waals surface area contributed by atoms with Crippen molar-refractivity contribution in [2.45, 2.75) is 23.1 Å². The van der Waals surface area contributed by atoms with E-state index in [-0.39, 0.29) is 5.75 Å². The number of phenols is 1. The number of aryl methyl sites for hydroxylation is 1. The van der Waals surface area contributed by atoms with E-state index in [2.05, 4.69) is 47.1 Å². The predicted octanol–water partition coefficient (Wildman–Crippen LogP) is 4.87. The van der Waals surface area contributed by atoms with Gasteiger partial charge in [-0.25, -0.2) is 0 Å². The topological polar surface area (TPSA) is 20.2 Å². The quantitative estimate of drug-likeness (QED) is 0.873. The Kier molecular flexibility index (Phi) is 4.13. The van der Waals surface area contributed by atoms with Gasteiger partial charge >= 0.3 is 0 Å². The van der Waals surface area contributed by atoms with E-state index in [4.69, 9.17) is 0 Å². The van der Waals surface area contributed by atoms with Crippen LogP contribution in [0.5, 0.6) is 5.75 Å². The third-order valence-corrected chi connectivity index (χ3v) is 4.12. The van der Waals surface area contributed by atoms with Gasteiger partial charge in [-0.15, -0.1) is 0 Å². The lowest BCUT2D eigenvalue weighted by Crippen LogP contribution is -1.79. The maximum Gasteiger partial charge on any atom is 0.129 e. The molecule has 88 valence electrons. The maximum atomic E-state index is 9.42. The fourth-order valence-corrected chi connectivity index (χ4v) is 2.87. The van der Waals surface area contributed by atoms with Crippen molar-refractivity contribution in [3.05, 3.63) is 52.5 Å². The molecule has 0 amide bonds. The van der Waals surface area contributed by atoms with Gasteiger partial charge in [-0.1, -0.05) is 30.8 Å². The average molecular weight is 309 g/mol. The molecule has 2 rings (SSSR count). The Morgan fingerprint density at radius 2 is 1.71 bits per heavy atom. The largest absolute Gasteiger partial charge is 0.507 e. The van der Waals surface area contributed by atoms with E-state index in [0.29, 0.717) is 0 Å². The van der Waals surface area contributed by atoms with Gasteiger partial charge in [0.2, 0.25) is 0 Å². The van der Waals surface area contributed by atoms with Gasteiger partial charge in [-0.2, -0.15) is 0 Å². The van der Waals surface area contributed by atoms with Crippen LogP contribution in [0.15, 0.2) is 56.7 Å². The summed E-state index contributed by atoms with van der Waals surface area (Å²) in [4.78, 5) is 2.32. The summed E-state index contributed by atoms with van der Waals surface area (Å²) < 4.78 is 0.729. The minimum atomic E-state index is 0.274. The Morgan fingerprint density at radius 1 is 1.06 bits per heavy atom. The van der Waals surface area contributed by atoms with Crippen LogP contribution >= 0.6 is 27.7 Å². The summed E-state index contributed by atoms with van der Waals surface area (Å²) in [5, 5.41) is 9.42. The molecule has 1 nitrogen and oxygen atoms in total. The van der Waals surface area contributed by atoms with Crippen molar-refractivity contribution in [3.8, 4) is 5.75 Å². The van der Waals surface area contributed by atoms with Gasteiger partial charge in [0.1, 0.15) is 5.75 Å². The molecular weight excluding hydrogens is 296 g/mol. The molecule has 0 spiro atoms. The fourth-order valence-electron chi connectivity index (χ4n) is 1.48. The van der Waals surface area contributed by atoms with Crippen LogP contribution in [0.3, 0.4) is 0 Å². The molecule has 0 saturated carbocycles. The van der Waals surface area contributed by atoms with Crippen molar-refractivity contribution in [1.29, 1.82) is 0 Å². The van der Waals surface area contributed by atoms with E-state index in [0.717, 1.165) is 15.8 Å². The van der Waals surface area contributed by atoms with Gasteiger partial charge in [-0.05, 0) is 58.2 Å². The Labute approximate surface area is 114 Å². The van der Waals surface area contributed by atoms with Crippen molar-refractivity contribution < 1.29 is 5.11 Å². The van der Waals surface area contributed by atoms with Crippen LogP contribution in [0.1, 0.15) is 12.5 Å². The van der Waals surface area contributed by atoms with Crippen molar-refractivity contribution >= 4 is 27.7 Å². The van der Waals surface area contributed by atoms with Gasteiger partial charge in [0, 0.05) is 9.79 Å². The molecule has 17 heavy (non-hydrogen) atoms. The number of hydrogen-bond acceptors (Lipinski definition) is 2. The van der Waals surface area contributed by atoms with Crippen LogP contribution in [0.25, 0.3) is 0 Å². The molecule has 1 N–H and O–H groups in total. The molecule has 0 aliphatic carbocycles. The number of rotatable bonds is 3. The number of aromatic hydroxyl groups is 1. The van der Waals surface area contributed by atoms with E-state index in [1.807, 2.05) is 12.1 Å². The summed E-state index contributed by atoms with van der Waals surface area (Å²) in [5.74, 6) is 0.274. The highest BCUT2D eigenvalue weighted by molar-refractivity contribution is 9.10. The van der Waals surface area contributed by atoms with E-state index in [9.17, 15) is 5.11 Å². The van der Waals surface area contributed by atoms with Crippen molar-refractivity contribution in [1.82, 2.24) is 0 Å². The summed E-state index contributed by atoms with van der Waals surface area (Å²) in [5.41, 5.74) is 1.35. The lowest BCUT2D eigenvalue weighted by molar-refractivity contribution is 0.471. The average Bonchev–Trinajstić information content (AvgIpc) is 2.35. The highest BCUT2D eigenvalue weighted by Crippen LogP contribution is 2.33. The summed E-state index contributed by atoms with van der Waals surface area (Å²) in [6.45, 7) is 2.15. The Morgan fingerprint density at radius 3 is 2.29 bits per heavy atom. The number of benzene rings is 2. The third-order valence-electron chi connectivity index (χ3n) is 2.49. The molecule has 0 fully saturated rings. The van der Waals surface area contributed by atoms with Gasteiger partial charge in [0.25, 0.3) is 0 Å². The number of halogens is 1. The number of phenolic OH excluding ortho intramolecular Hbond substituents is 1. The molecule has 0 radical (unpaired) electrons. The van der Waals surface area contributed by atoms with Crippen molar-refractivity contribution in [2.75, 3.05) is 0 Å². The van der Waals surface area contributed by atoms with Crippen molar-refractivity contribution in [3.63, 3.8) is 0 Å². The molecule has 0 bridgehead atoms. The summed E-state index contributed by atoms with van der Waals surface area (Å²) in [6.07, 6.45) is 1.07. The van der Waals surface area contributed by atoms with Gasteiger partial charge in [0.05, 0.1) is 4.47 Å². The first-order valence-electron chi connectivity index (χ1n) is 5.44. The first-order chi connectivity index (χ1) is 8.19. The summed E-state index contributed by atoms with van der Waals surface area (Å²) in [7, 11) is 0. The highest BCUT2D eigenvalue weighted by atomic mass is 79.9. The van der Waals surface area contributed by atoms with E-state index < -0.39 is 0 Å². The SMILES string of the molecule is CCc1ccc(Sc2ccc(O)c(Br)c2)cc1. The molecule has 2 aromatic carbocycles. The molecule has 0 saturated heterocycles. The standard InChI is InChI=1S/C14H13BrOS/c1-2-10-3-5-11(6-4-10)17-12-7-8-14(16)13(15)9-12/h3-9,16H,2H2,1H3. The smallest absolute Gasteiger partial charge is 0.129 e. The lowest BCUT2D eigenvalue weighted by Gasteiger charge is -2.04. The molecule has 0 atom stereocenters. The molecule has 0 heterocycles. The monoisotopic (exact) mass is 308 g/mol. The Bertz CT molecular complexity index is 508. The molecule has 0 aliphatic heterocycles. The van der Waals surface area contributed by atoms with Crippen LogP contribution in [0, 0.1) is 0 Å². The second-order valence-electron chi connectivity index (χ2n) is 3.71. The molecule has 0 aliphatic rings. The van der Waals surface area contributed by atoms with Gasteiger partial charge in [-0.3, -0.25) is 0 Å². The third kappa shape index (κ3) is 3.27. The van der Waals surface area contributed by atoms with E-state index >= 15 is 0 Å². The normalized spacial score (nSPS) is 10.5. The van der Waals surface area contributed by atoms with Crippen LogP contribution < -0.4 is 0 Å². The van der Waals surface area contributed by atoms with Crippen molar-refractivity contribution in [2.24, 2.45) is 0 Å². The van der Waals surface area contributed by atoms with Crippen LogP contribution in [0.4, 0.5) is 0 Å². The first kappa shape index (κ1) is 12.5. The summed E-state index contributed by atoms with van der Waals surface area (Å²) >= 11 is 5.01. The molecular formula is C14H13BrOS. The summed E-state index contributed by atoms with van der Waals surface area (Å²) in [6, 6.07) is 14.1.